The third-order valence-electron chi connectivity index (χ3n) is 6.36. The van der Waals surface area contributed by atoms with Gasteiger partial charge in [0.15, 0.2) is 0 Å². The second-order valence-corrected chi connectivity index (χ2v) is 10.2. The van der Waals surface area contributed by atoms with Crippen molar-refractivity contribution in [2.45, 2.75) is 38.5 Å². The molecule has 2 aromatic carbocycles. The molecule has 2 heterocycles. The van der Waals surface area contributed by atoms with Crippen molar-refractivity contribution in [3.8, 4) is 5.75 Å². The van der Waals surface area contributed by atoms with E-state index < -0.39 is 6.10 Å². The lowest BCUT2D eigenvalue weighted by Crippen LogP contribution is -2.48. The van der Waals surface area contributed by atoms with E-state index in [1.807, 2.05) is 70.5 Å². The first-order valence-corrected chi connectivity index (χ1v) is 13.6. The molecule has 0 saturated heterocycles. The predicted molar refractivity (Wildman–Crippen MR) is 143 cm³/mol. The van der Waals surface area contributed by atoms with Gasteiger partial charge in [0.2, 0.25) is 5.91 Å². The summed E-state index contributed by atoms with van der Waals surface area (Å²) in [5, 5.41) is 12.7. The molecular weight excluding hydrogens is 472 g/mol. The minimum Gasteiger partial charge on any atom is -0.491 e. The zero-order chi connectivity index (χ0) is 25.2. The Morgan fingerprint density at radius 1 is 1.14 bits per heavy atom. The van der Waals surface area contributed by atoms with E-state index in [-0.39, 0.29) is 25.1 Å². The molecule has 1 aliphatic rings. The Morgan fingerprint density at radius 2 is 1.89 bits per heavy atom. The second kappa shape index (κ2) is 13.6. The minimum absolute atomic E-state index is 0.0689. The fourth-order valence-corrected chi connectivity index (χ4v) is 5.57. The Kier molecular flexibility index (Phi) is 9.93. The lowest BCUT2D eigenvalue weighted by atomic mass is 10.0. The number of hydrogen-bond acceptors (Lipinski definition) is 6. The van der Waals surface area contributed by atoms with Gasteiger partial charge in [-0.25, -0.2) is 0 Å². The molecule has 36 heavy (non-hydrogen) atoms. The van der Waals surface area contributed by atoms with Gasteiger partial charge in [-0.05, 0) is 54.1 Å². The van der Waals surface area contributed by atoms with Gasteiger partial charge in [0.1, 0.15) is 12.4 Å². The number of thiophene rings is 1. The molecule has 4 rings (SSSR count). The Bertz CT molecular complexity index is 1060. The number of amides is 1. The maximum Gasteiger partial charge on any atom is 0.237 e. The molecule has 0 radical (unpaired) electrons. The van der Waals surface area contributed by atoms with Gasteiger partial charge in [0.25, 0.3) is 0 Å². The first-order valence-electron chi connectivity index (χ1n) is 12.7. The van der Waals surface area contributed by atoms with Gasteiger partial charge in [-0.2, -0.15) is 0 Å². The number of para-hydroxylation sites is 1. The monoisotopic (exact) mass is 508 g/mol. The van der Waals surface area contributed by atoms with Gasteiger partial charge in [0, 0.05) is 18.0 Å². The molecule has 2 atom stereocenters. The lowest BCUT2D eigenvalue weighted by molar-refractivity contribution is -0.136. The van der Waals surface area contributed by atoms with Crippen molar-refractivity contribution in [3.63, 3.8) is 0 Å². The fraction of sp³-hybridized carbons (Fsp3) is 0.414. The normalized spacial score (nSPS) is 16.1. The summed E-state index contributed by atoms with van der Waals surface area (Å²) in [5.41, 5.74) is 2.26. The number of benzene rings is 2. The molecule has 3 aromatic rings. The number of nitrogens with zero attached hydrogens (tertiary/aromatic N) is 2. The second-order valence-electron chi connectivity index (χ2n) is 9.17. The zero-order valence-corrected chi connectivity index (χ0v) is 21.7. The third kappa shape index (κ3) is 7.40. The fourth-order valence-electron chi connectivity index (χ4n) is 4.64. The SMILES string of the molecule is CCCN(CC(=O)N1CCc2sccc2C1COc1ccccc1)CC(O)COCc1ccccc1. The summed E-state index contributed by atoms with van der Waals surface area (Å²) in [7, 11) is 0. The molecule has 6 nitrogen and oxygen atoms in total. The molecule has 0 spiro atoms. The molecule has 0 saturated carbocycles. The Hall–Kier alpha value is -2.71. The van der Waals surface area contributed by atoms with E-state index in [1.165, 1.54) is 10.4 Å². The number of rotatable bonds is 13. The van der Waals surface area contributed by atoms with E-state index in [0.29, 0.717) is 26.3 Å². The van der Waals surface area contributed by atoms with Crippen LogP contribution >= 0.6 is 11.3 Å². The Balaban J connectivity index is 1.34. The summed E-state index contributed by atoms with van der Waals surface area (Å²) in [6, 6.07) is 21.7. The number of carbonyl (C=O) groups excluding carboxylic acids is 1. The average molecular weight is 509 g/mol. The maximum atomic E-state index is 13.5. The van der Waals surface area contributed by atoms with E-state index in [4.69, 9.17) is 9.47 Å². The van der Waals surface area contributed by atoms with E-state index in [0.717, 1.165) is 30.7 Å². The third-order valence-corrected chi connectivity index (χ3v) is 7.35. The quantitative estimate of drug-likeness (QED) is 0.367. The summed E-state index contributed by atoms with van der Waals surface area (Å²) in [4.78, 5) is 18.9. The lowest BCUT2D eigenvalue weighted by Gasteiger charge is -2.37. The molecule has 7 heteroatoms. The van der Waals surface area contributed by atoms with E-state index in [2.05, 4.69) is 18.4 Å². The van der Waals surface area contributed by atoms with Crippen LogP contribution < -0.4 is 4.74 Å². The molecule has 192 valence electrons. The van der Waals surface area contributed by atoms with Gasteiger partial charge < -0.3 is 19.5 Å². The van der Waals surface area contributed by atoms with Crippen molar-refractivity contribution in [2.24, 2.45) is 0 Å². The number of hydrogen-bond donors (Lipinski definition) is 1. The van der Waals surface area contributed by atoms with Gasteiger partial charge in [-0.1, -0.05) is 55.5 Å². The number of aliphatic hydroxyl groups is 1. The smallest absolute Gasteiger partial charge is 0.237 e. The van der Waals surface area contributed by atoms with Crippen LogP contribution in [0.15, 0.2) is 72.1 Å². The molecule has 1 aliphatic heterocycles. The van der Waals surface area contributed by atoms with Crippen molar-refractivity contribution in [3.05, 3.63) is 88.1 Å². The molecule has 0 aliphatic carbocycles. The Labute approximate surface area is 218 Å². The van der Waals surface area contributed by atoms with Crippen LogP contribution in [-0.4, -0.2) is 66.3 Å². The average Bonchev–Trinajstić information content (AvgIpc) is 3.38. The van der Waals surface area contributed by atoms with E-state index in [9.17, 15) is 9.90 Å². The summed E-state index contributed by atoms with van der Waals surface area (Å²) in [6.07, 6.45) is 1.11. The van der Waals surface area contributed by atoms with Crippen LogP contribution in [0.3, 0.4) is 0 Å². The molecule has 1 amide bonds. The Morgan fingerprint density at radius 3 is 2.64 bits per heavy atom. The highest BCUT2D eigenvalue weighted by Crippen LogP contribution is 2.34. The number of ether oxygens (including phenoxy) is 2. The topological polar surface area (TPSA) is 62.2 Å². The standard InChI is InChI=1S/C29H36N2O4S/c1-2-15-30(18-24(32)21-34-20-23-9-5-3-6-10-23)19-29(33)31-16-13-28-26(14-17-36-28)27(31)22-35-25-11-7-4-8-12-25/h3-12,14,17,24,27,32H,2,13,15-16,18-22H2,1H3. The first kappa shape index (κ1) is 26.4. The van der Waals surface area contributed by atoms with E-state index in [1.54, 1.807) is 11.3 Å². The summed E-state index contributed by atoms with van der Waals surface area (Å²) in [5.74, 6) is 0.873. The van der Waals surface area contributed by atoms with Crippen molar-refractivity contribution in [2.75, 3.05) is 39.4 Å². The van der Waals surface area contributed by atoms with Gasteiger partial charge >= 0.3 is 0 Å². The van der Waals surface area contributed by atoms with Crippen LogP contribution in [0.4, 0.5) is 0 Å². The van der Waals surface area contributed by atoms with Crippen LogP contribution in [0.1, 0.15) is 35.4 Å². The molecule has 0 fully saturated rings. The van der Waals surface area contributed by atoms with Crippen LogP contribution in [0, 0.1) is 0 Å². The van der Waals surface area contributed by atoms with E-state index >= 15 is 0 Å². The molecule has 1 N–H and O–H groups in total. The minimum atomic E-state index is -0.657. The summed E-state index contributed by atoms with van der Waals surface area (Å²) < 4.78 is 11.8. The number of carbonyl (C=O) groups is 1. The van der Waals surface area contributed by atoms with Crippen LogP contribution in [-0.2, 0) is 22.6 Å². The first-order chi connectivity index (χ1) is 17.6. The maximum absolute atomic E-state index is 13.5. The van der Waals surface area contributed by atoms with Crippen LogP contribution in [0.5, 0.6) is 5.75 Å². The van der Waals surface area contributed by atoms with Crippen molar-refractivity contribution < 1.29 is 19.4 Å². The summed E-state index contributed by atoms with van der Waals surface area (Å²) >= 11 is 1.75. The van der Waals surface area contributed by atoms with Gasteiger partial charge in [-0.15, -0.1) is 11.3 Å². The van der Waals surface area contributed by atoms with Crippen molar-refractivity contribution in [1.29, 1.82) is 0 Å². The largest absolute Gasteiger partial charge is 0.491 e. The zero-order valence-electron chi connectivity index (χ0n) is 20.9. The predicted octanol–water partition coefficient (Wildman–Crippen LogP) is 4.54. The number of aliphatic hydroxyl groups excluding tert-OH is 1. The molecule has 1 aromatic heterocycles. The van der Waals surface area contributed by atoms with Crippen LogP contribution in [0.2, 0.25) is 0 Å². The molecular formula is C29H36N2O4S. The van der Waals surface area contributed by atoms with Gasteiger partial charge in [0.05, 0.1) is 31.9 Å². The molecule has 0 bridgehead atoms. The summed E-state index contributed by atoms with van der Waals surface area (Å²) in [6.45, 7) is 5.29. The van der Waals surface area contributed by atoms with Gasteiger partial charge in [-0.3, -0.25) is 9.69 Å². The highest BCUT2D eigenvalue weighted by molar-refractivity contribution is 7.10. The molecule has 2 unspecified atom stereocenters. The van der Waals surface area contributed by atoms with Crippen molar-refractivity contribution in [1.82, 2.24) is 9.80 Å². The number of fused-ring (bicyclic) bond motifs is 1. The van der Waals surface area contributed by atoms with Crippen molar-refractivity contribution >= 4 is 17.2 Å². The highest BCUT2D eigenvalue weighted by Gasteiger charge is 2.33. The highest BCUT2D eigenvalue weighted by atomic mass is 32.1. The van der Waals surface area contributed by atoms with Crippen LogP contribution in [0.25, 0.3) is 0 Å².